The zero-order valence-corrected chi connectivity index (χ0v) is 16.9. The number of ether oxygens (including phenoxy) is 1. The van der Waals surface area contributed by atoms with E-state index in [1.165, 1.54) is 23.9 Å². The SMILES string of the molecule is COc1ccccc1-c1nnc(SCC(=O)Nc2ccc(C)cc2[N+](=O)[O-])n1C. The van der Waals surface area contributed by atoms with Gasteiger partial charge in [-0.15, -0.1) is 10.2 Å². The highest BCUT2D eigenvalue weighted by atomic mass is 32.2. The average Bonchev–Trinajstić information content (AvgIpc) is 3.07. The Morgan fingerprint density at radius 2 is 2.03 bits per heavy atom. The van der Waals surface area contributed by atoms with Crippen LogP contribution < -0.4 is 10.1 Å². The molecular weight excluding hydrogens is 394 g/mol. The molecular formula is C19H19N5O4S. The Labute approximate surface area is 171 Å². The van der Waals surface area contributed by atoms with Gasteiger partial charge in [-0.05, 0) is 30.7 Å². The standard InChI is InChI=1S/C19H19N5O4S/c1-12-8-9-14(15(10-12)24(26)27)20-17(25)11-29-19-22-21-18(23(19)2)13-6-4-5-7-16(13)28-3/h4-10H,11H2,1-3H3,(H,20,25). The number of nitrogens with zero attached hydrogens (tertiary/aromatic N) is 4. The van der Waals surface area contributed by atoms with Gasteiger partial charge in [0.1, 0.15) is 11.4 Å². The molecule has 10 heteroatoms. The van der Waals surface area contributed by atoms with Crippen LogP contribution in [0.25, 0.3) is 11.4 Å². The van der Waals surface area contributed by atoms with E-state index in [1.54, 1.807) is 31.7 Å². The molecule has 150 valence electrons. The molecule has 0 atom stereocenters. The van der Waals surface area contributed by atoms with Crippen LogP contribution in [0.4, 0.5) is 11.4 Å². The van der Waals surface area contributed by atoms with E-state index in [9.17, 15) is 14.9 Å². The second kappa shape index (κ2) is 8.74. The van der Waals surface area contributed by atoms with Crippen molar-refractivity contribution in [2.45, 2.75) is 12.1 Å². The summed E-state index contributed by atoms with van der Waals surface area (Å²) in [6.45, 7) is 1.75. The van der Waals surface area contributed by atoms with Crippen LogP contribution in [0.3, 0.4) is 0 Å². The minimum atomic E-state index is -0.516. The van der Waals surface area contributed by atoms with Gasteiger partial charge < -0.3 is 14.6 Å². The fourth-order valence-corrected chi connectivity index (χ4v) is 3.43. The molecule has 0 spiro atoms. The zero-order chi connectivity index (χ0) is 21.0. The van der Waals surface area contributed by atoms with Crippen molar-refractivity contribution in [3.8, 4) is 17.1 Å². The molecule has 29 heavy (non-hydrogen) atoms. The Balaban J connectivity index is 1.71. The third-order valence-electron chi connectivity index (χ3n) is 4.14. The Bertz CT molecular complexity index is 1070. The highest BCUT2D eigenvalue weighted by Crippen LogP contribution is 2.30. The number of carbonyl (C=O) groups excluding carboxylic acids is 1. The van der Waals surface area contributed by atoms with Crippen molar-refractivity contribution in [1.82, 2.24) is 14.8 Å². The van der Waals surface area contributed by atoms with E-state index >= 15 is 0 Å². The van der Waals surface area contributed by atoms with Crippen LogP contribution in [0.2, 0.25) is 0 Å². The molecule has 0 aliphatic heterocycles. The molecule has 0 unspecified atom stereocenters. The molecule has 0 aliphatic carbocycles. The van der Waals surface area contributed by atoms with Crippen molar-refractivity contribution in [3.05, 3.63) is 58.1 Å². The summed E-state index contributed by atoms with van der Waals surface area (Å²) >= 11 is 1.19. The molecule has 2 aromatic carbocycles. The monoisotopic (exact) mass is 413 g/mol. The number of rotatable bonds is 7. The Morgan fingerprint density at radius 3 is 2.76 bits per heavy atom. The smallest absolute Gasteiger partial charge is 0.293 e. The minimum absolute atomic E-state index is 0.0307. The number of aryl methyl sites for hydroxylation is 1. The van der Waals surface area contributed by atoms with Crippen LogP contribution in [-0.2, 0) is 11.8 Å². The van der Waals surface area contributed by atoms with Crippen LogP contribution in [0.1, 0.15) is 5.56 Å². The largest absolute Gasteiger partial charge is 0.496 e. The molecule has 0 saturated heterocycles. The molecule has 9 nitrogen and oxygen atoms in total. The van der Waals surface area contributed by atoms with Gasteiger partial charge >= 0.3 is 0 Å². The first-order valence-corrected chi connectivity index (χ1v) is 9.59. The van der Waals surface area contributed by atoms with Gasteiger partial charge in [-0.2, -0.15) is 0 Å². The first kappa shape index (κ1) is 20.3. The van der Waals surface area contributed by atoms with Gasteiger partial charge in [-0.1, -0.05) is 30.0 Å². The highest BCUT2D eigenvalue weighted by Gasteiger charge is 2.18. The number of aromatic nitrogens is 3. The third-order valence-corrected chi connectivity index (χ3v) is 5.16. The predicted molar refractivity (Wildman–Crippen MR) is 110 cm³/mol. The Hall–Kier alpha value is -3.40. The van der Waals surface area contributed by atoms with Gasteiger partial charge in [0.15, 0.2) is 11.0 Å². The minimum Gasteiger partial charge on any atom is -0.496 e. The lowest BCUT2D eigenvalue weighted by molar-refractivity contribution is -0.384. The third kappa shape index (κ3) is 4.54. The highest BCUT2D eigenvalue weighted by molar-refractivity contribution is 7.99. The van der Waals surface area contributed by atoms with Crippen molar-refractivity contribution >= 4 is 29.0 Å². The zero-order valence-electron chi connectivity index (χ0n) is 16.1. The van der Waals surface area contributed by atoms with Gasteiger partial charge in [0.05, 0.1) is 23.3 Å². The maximum absolute atomic E-state index is 12.3. The molecule has 0 bridgehead atoms. The van der Waals surface area contributed by atoms with Crippen LogP contribution in [0, 0.1) is 17.0 Å². The van der Waals surface area contributed by atoms with Crippen LogP contribution >= 0.6 is 11.8 Å². The molecule has 1 aromatic heterocycles. The second-order valence-corrected chi connectivity index (χ2v) is 7.12. The van der Waals surface area contributed by atoms with E-state index in [0.717, 1.165) is 11.1 Å². The normalized spacial score (nSPS) is 10.6. The summed E-state index contributed by atoms with van der Waals surface area (Å²) in [5.74, 6) is 0.940. The molecule has 0 fully saturated rings. The Morgan fingerprint density at radius 1 is 1.28 bits per heavy atom. The van der Waals surface area contributed by atoms with Crippen molar-refractivity contribution in [3.63, 3.8) is 0 Å². The molecule has 1 heterocycles. The van der Waals surface area contributed by atoms with E-state index in [2.05, 4.69) is 15.5 Å². The summed E-state index contributed by atoms with van der Waals surface area (Å²) < 4.78 is 7.13. The van der Waals surface area contributed by atoms with Gasteiger partial charge in [-0.25, -0.2) is 0 Å². The molecule has 3 rings (SSSR count). The van der Waals surface area contributed by atoms with E-state index < -0.39 is 4.92 Å². The number of methoxy groups -OCH3 is 1. The number of para-hydroxylation sites is 1. The quantitative estimate of drug-likeness (QED) is 0.359. The lowest BCUT2D eigenvalue weighted by atomic mass is 10.2. The average molecular weight is 413 g/mol. The maximum atomic E-state index is 12.3. The number of nitrogens with one attached hydrogen (secondary N) is 1. The summed E-state index contributed by atoms with van der Waals surface area (Å²) in [7, 11) is 3.38. The fraction of sp³-hybridized carbons (Fsp3) is 0.211. The number of hydrogen-bond acceptors (Lipinski definition) is 7. The predicted octanol–water partition coefficient (Wildman–Crippen LogP) is 3.44. The fourth-order valence-electron chi connectivity index (χ4n) is 2.72. The van der Waals surface area contributed by atoms with E-state index in [4.69, 9.17) is 4.74 Å². The summed E-state index contributed by atoms with van der Waals surface area (Å²) in [6, 6.07) is 12.1. The number of thioether (sulfide) groups is 1. The number of anilines is 1. The Kier molecular flexibility index (Phi) is 6.13. The van der Waals surface area contributed by atoms with E-state index in [1.807, 2.05) is 24.3 Å². The second-order valence-electron chi connectivity index (χ2n) is 6.18. The molecule has 0 radical (unpaired) electrons. The maximum Gasteiger partial charge on any atom is 0.293 e. The van der Waals surface area contributed by atoms with Gasteiger partial charge in [0.2, 0.25) is 5.91 Å². The summed E-state index contributed by atoms with van der Waals surface area (Å²) in [5, 5.41) is 22.6. The van der Waals surface area contributed by atoms with Crippen LogP contribution in [0.5, 0.6) is 5.75 Å². The molecule has 0 aliphatic rings. The van der Waals surface area contributed by atoms with E-state index in [-0.39, 0.29) is 23.0 Å². The van der Waals surface area contributed by atoms with Crippen molar-refractivity contribution < 1.29 is 14.5 Å². The number of nitro benzene ring substituents is 1. The molecule has 3 aromatic rings. The number of amides is 1. The number of benzene rings is 2. The van der Waals surface area contributed by atoms with Crippen LogP contribution in [0.15, 0.2) is 47.6 Å². The van der Waals surface area contributed by atoms with Gasteiger partial charge in [0.25, 0.3) is 5.69 Å². The number of carbonyl (C=O) groups is 1. The number of hydrogen-bond donors (Lipinski definition) is 1. The topological polar surface area (TPSA) is 112 Å². The number of nitro groups is 1. The molecule has 0 saturated carbocycles. The molecule has 1 N–H and O–H groups in total. The summed E-state index contributed by atoms with van der Waals surface area (Å²) in [5.41, 5.74) is 1.56. The lowest BCUT2D eigenvalue weighted by Crippen LogP contribution is -2.15. The van der Waals surface area contributed by atoms with Gasteiger partial charge in [-0.3, -0.25) is 14.9 Å². The van der Waals surface area contributed by atoms with Crippen molar-refractivity contribution in [2.24, 2.45) is 7.05 Å². The van der Waals surface area contributed by atoms with Crippen LogP contribution in [-0.4, -0.2) is 38.5 Å². The first-order chi connectivity index (χ1) is 13.9. The van der Waals surface area contributed by atoms with Crippen molar-refractivity contribution in [1.29, 1.82) is 0 Å². The summed E-state index contributed by atoms with van der Waals surface area (Å²) in [4.78, 5) is 23.0. The first-order valence-electron chi connectivity index (χ1n) is 8.61. The lowest BCUT2D eigenvalue weighted by Gasteiger charge is -2.08. The van der Waals surface area contributed by atoms with E-state index in [0.29, 0.717) is 16.7 Å². The summed E-state index contributed by atoms with van der Waals surface area (Å²) in [6.07, 6.45) is 0. The van der Waals surface area contributed by atoms with Crippen molar-refractivity contribution in [2.75, 3.05) is 18.2 Å². The molecule has 1 amide bonds. The van der Waals surface area contributed by atoms with Gasteiger partial charge in [0, 0.05) is 13.1 Å².